The second-order valence-corrected chi connectivity index (χ2v) is 3.10. The van der Waals surface area contributed by atoms with Gasteiger partial charge in [-0.25, -0.2) is 13.8 Å². The van der Waals surface area contributed by atoms with Crippen molar-refractivity contribution in [1.29, 1.82) is 0 Å². The Bertz CT molecular complexity index is 373. The number of nitrogen functional groups attached to an aromatic ring is 1. The van der Waals surface area contributed by atoms with Gasteiger partial charge in [0, 0.05) is 6.20 Å². The third-order valence-electron chi connectivity index (χ3n) is 1.55. The van der Waals surface area contributed by atoms with Crippen LogP contribution < -0.4 is 11.1 Å². The van der Waals surface area contributed by atoms with E-state index in [1.54, 1.807) is 0 Å². The van der Waals surface area contributed by atoms with Crippen molar-refractivity contribution in [3.63, 3.8) is 0 Å². The molecule has 1 aromatic rings. The van der Waals surface area contributed by atoms with E-state index >= 15 is 0 Å². The molecule has 0 spiro atoms. The number of aromatic nitrogens is 1. The van der Waals surface area contributed by atoms with Crippen molar-refractivity contribution >= 4 is 23.3 Å². The molecule has 0 aliphatic rings. The summed E-state index contributed by atoms with van der Waals surface area (Å²) in [5, 5.41) is 2.13. The zero-order valence-electron chi connectivity index (χ0n) is 7.51. The van der Waals surface area contributed by atoms with Crippen molar-refractivity contribution in [1.82, 2.24) is 10.3 Å². The first-order chi connectivity index (χ1) is 7.00. The molecular weight excluding hydrogens is 228 g/mol. The van der Waals surface area contributed by atoms with Crippen LogP contribution in [-0.4, -0.2) is 23.9 Å². The minimum absolute atomic E-state index is 0.0853. The highest BCUT2D eigenvalue weighted by atomic mass is 35.5. The molecule has 1 amide bonds. The van der Waals surface area contributed by atoms with E-state index < -0.39 is 18.9 Å². The van der Waals surface area contributed by atoms with Crippen molar-refractivity contribution in [2.75, 3.05) is 12.3 Å². The molecule has 3 N–H and O–H groups in total. The third kappa shape index (κ3) is 3.32. The Balaban J connectivity index is 2.70. The quantitative estimate of drug-likeness (QED) is 0.830. The molecule has 4 nitrogen and oxygen atoms in total. The highest BCUT2D eigenvalue weighted by molar-refractivity contribution is 6.33. The summed E-state index contributed by atoms with van der Waals surface area (Å²) < 4.78 is 23.6. The minimum atomic E-state index is -2.59. The van der Waals surface area contributed by atoms with Crippen LogP contribution in [0.15, 0.2) is 12.3 Å². The summed E-state index contributed by atoms with van der Waals surface area (Å²) >= 11 is 5.60. The molecule has 0 unspecified atom stereocenters. The molecule has 0 saturated heterocycles. The van der Waals surface area contributed by atoms with E-state index in [0.717, 1.165) is 0 Å². The number of halogens is 3. The van der Waals surface area contributed by atoms with Crippen LogP contribution in [0.5, 0.6) is 0 Å². The maximum atomic E-state index is 11.8. The van der Waals surface area contributed by atoms with Crippen LogP contribution in [0.1, 0.15) is 10.4 Å². The molecule has 0 fully saturated rings. The number of hydrogen-bond donors (Lipinski definition) is 2. The smallest absolute Gasteiger partial charge is 0.255 e. The summed E-state index contributed by atoms with van der Waals surface area (Å²) in [5.74, 6) is -0.577. The van der Waals surface area contributed by atoms with Crippen LogP contribution in [0.2, 0.25) is 5.02 Å². The van der Waals surface area contributed by atoms with Crippen molar-refractivity contribution in [3.8, 4) is 0 Å². The number of carbonyl (C=O) groups excluding carboxylic acids is 1. The first-order valence-corrected chi connectivity index (χ1v) is 4.36. The van der Waals surface area contributed by atoms with Gasteiger partial charge in [-0.3, -0.25) is 4.79 Å². The minimum Gasteiger partial charge on any atom is -0.382 e. The number of anilines is 1. The van der Waals surface area contributed by atoms with Gasteiger partial charge in [0.15, 0.2) is 0 Å². The number of alkyl halides is 2. The van der Waals surface area contributed by atoms with Gasteiger partial charge in [0.2, 0.25) is 0 Å². The van der Waals surface area contributed by atoms with Gasteiger partial charge in [0.1, 0.15) is 5.82 Å². The molecule has 82 valence electrons. The lowest BCUT2D eigenvalue weighted by Gasteiger charge is -2.04. The van der Waals surface area contributed by atoms with Gasteiger partial charge in [0.25, 0.3) is 12.3 Å². The van der Waals surface area contributed by atoms with Crippen LogP contribution in [0.4, 0.5) is 14.6 Å². The largest absolute Gasteiger partial charge is 0.382 e. The van der Waals surface area contributed by atoms with Gasteiger partial charge in [-0.15, -0.1) is 0 Å². The lowest BCUT2D eigenvalue weighted by atomic mass is 10.2. The van der Waals surface area contributed by atoms with Gasteiger partial charge < -0.3 is 11.1 Å². The molecule has 0 atom stereocenters. The molecule has 15 heavy (non-hydrogen) atoms. The number of nitrogens with one attached hydrogen (secondary N) is 1. The molecule has 1 aromatic heterocycles. The number of pyridine rings is 1. The van der Waals surface area contributed by atoms with Gasteiger partial charge in [-0.1, -0.05) is 11.6 Å². The zero-order valence-corrected chi connectivity index (χ0v) is 8.26. The van der Waals surface area contributed by atoms with Crippen LogP contribution in [0, 0.1) is 0 Å². The van der Waals surface area contributed by atoms with E-state index in [4.69, 9.17) is 17.3 Å². The Labute approximate surface area is 89.4 Å². The first kappa shape index (κ1) is 11.6. The molecule has 1 heterocycles. The number of hydrogen-bond acceptors (Lipinski definition) is 3. The standard InChI is InChI=1S/C8H8ClF2N3O/c9-5-1-4(2-13-7(5)12)8(15)14-3-6(10)11/h1-2,6H,3H2,(H2,12,13)(H,14,15). The normalized spacial score (nSPS) is 10.4. The molecule has 7 heteroatoms. The summed E-state index contributed by atoms with van der Waals surface area (Å²) in [6.45, 7) is -0.708. The fourth-order valence-corrected chi connectivity index (χ4v) is 1.01. The van der Waals surface area contributed by atoms with Gasteiger partial charge in [-0.2, -0.15) is 0 Å². The maximum absolute atomic E-state index is 11.8. The first-order valence-electron chi connectivity index (χ1n) is 3.98. The molecule has 0 aliphatic carbocycles. The Morgan fingerprint density at radius 2 is 2.33 bits per heavy atom. The average molecular weight is 236 g/mol. The number of carbonyl (C=O) groups is 1. The topological polar surface area (TPSA) is 68.0 Å². The fraction of sp³-hybridized carbons (Fsp3) is 0.250. The predicted molar refractivity (Wildman–Crippen MR) is 52.0 cm³/mol. The summed E-state index contributed by atoms with van der Waals surface area (Å²) in [4.78, 5) is 14.9. The van der Waals surface area contributed by atoms with Crippen molar-refractivity contribution < 1.29 is 13.6 Å². The summed E-state index contributed by atoms with van der Waals surface area (Å²) in [5.41, 5.74) is 5.41. The van der Waals surface area contributed by atoms with E-state index in [1.807, 2.05) is 5.32 Å². The molecular formula is C8H8ClF2N3O. The van der Waals surface area contributed by atoms with E-state index in [-0.39, 0.29) is 16.4 Å². The highest BCUT2D eigenvalue weighted by Crippen LogP contribution is 2.16. The Hall–Kier alpha value is -1.43. The Kier molecular flexibility index (Phi) is 3.79. The SMILES string of the molecule is Nc1ncc(C(=O)NCC(F)F)cc1Cl. The second kappa shape index (κ2) is 4.88. The van der Waals surface area contributed by atoms with E-state index in [9.17, 15) is 13.6 Å². The number of nitrogens with zero attached hydrogens (tertiary/aromatic N) is 1. The summed E-state index contributed by atoms with van der Waals surface area (Å²) in [6, 6.07) is 1.27. The Morgan fingerprint density at radius 3 is 2.87 bits per heavy atom. The fourth-order valence-electron chi connectivity index (χ4n) is 0.845. The molecule has 0 radical (unpaired) electrons. The average Bonchev–Trinajstić information content (AvgIpc) is 2.18. The summed E-state index contributed by atoms with van der Waals surface area (Å²) in [7, 11) is 0. The number of rotatable bonds is 3. The van der Waals surface area contributed by atoms with Crippen LogP contribution in [0.25, 0.3) is 0 Å². The summed E-state index contributed by atoms with van der Waals surface area (Å²) in [6.07, 6.45) is -1.42. The zero-order chi connectivity index (χ0) is 11.4. The van der Waals surface area contributed by atoms with Crippen LogP contribution >= 0.6 is 11.6 Å². The van der Waals surface area contributed by atoms with Crippen molar-refractivity contribution in [2.24, 2.45) is 0 Å². The van der Waals surface area contributed by atoms with Gasteiger partial charge in [0.05, 0.1) is 17.1 Å². The predicted octanol–water partition coefficient (Wildman–Crippen LogP) is 1.31. The molecule has 0 aliphatic heterocycles. The molecule has 1 rings (SSSR count). The van der Waals surface area contributed by atoms with Crippen molar-refractivity contribution in [2.45, 2.75) is 6.43 Å². The van der Waals surface area contributed by atoms with Gasteiger partial charge >= 0.3 is 0 Å². The molecule has 0 saturated carbocycles. The van der Waals surface area contributed by atoms with Crippen LogP contribution in [-0.2, 0) is 0 Å². The lowest BCUT2D eigenvalue weighted by molar-refractivity contribution is 0.0891. The Morgan fingerprint density at radius 1 is 1.67 bits per heavy atom. The van der Waals surface area contributed by atoms with E-state index in [1.165, 1.54) is 12.3 Å². The van der Waals surface area contributed by atoms with Gasteiger partial charge in [-0.05, 0) is 6.07 Å². The monoisotopic (exact) mass is 235 g/mol. The maximum Gasteiger partial charge on any atom is 0.255 e. The number of amides is 1. The lowest BCUT2D eigenvalue weighted by Crippen LogP contribution is -2.28. The molecule has 0 bridgehead atoms. The van der Waals surface area contributed by atoms with E-state index in [2.05, 4.69) is 4.98 Å². The van der Waals surface area contributed by atoms with E-state index in [0.29, 0.717) is 0 Å². The number of nitrogens with two attached hydrogens (primary N) is 1. The highest BCUT2D eigenvalue weighted by Gasteiger charge is 2.10. The van der Waals surface area contributed by atoms with Crippen molar-refractivity contribution in [3.05, 3.63) is 22.8 Å². The third-order valence-corrected chi connectivity index (χ3v) is 1.85. The molecule has 0 aromatic carbocycles. The second-order valence-electron chi connectivity index (χ2n) is 2.69. The van der Waals surface area contributed by atoms with Crippen LogP contribution in [0.3, 0.4) is 0 Å².